The molecule has 0 saturated heterocycles. The molecule has 3 heterocycles. The summed E-state index contributed by atoms with van der Waals surface area (Å²) < 4.78 is 4.76. The topological polar surface area (TPSA) is 35.6 Å². The highest BCUT2D eigenvalue weighted by molar-refractivity contribution is 6.12. The Hall–Kier alpha value is -7.56. The molecular formula is C53H36N4. The molecule has 268 valence electrons. The van der Waals surface area contributed by atoms with Crippen LogP contribution in [-0.4, -0.2) is 19.1 Å². The largest absolute Gasteiger partial charge is 0.309 e. The highest BCUT2D eigenvalue weighted by Gasteiger charge is 2.17. The molecule has 0 N–H and O–H groups in total. The van der Waals surface area contributed by atoms with Crippen LogP contribution < -0.4 is 0 Å². The van der Waals surface area contributed by atoms with Crippen molar-refractivity contribution in [3.63, 3.8) is 0 Å². The molecule has 8 aromatic carbocycles. The average Bonchev–Trinajstić information content (AvgIpc) is 3.79. The Balaban J connectivity index is 1.02. The molecule has 0 aliphatic carbocycles. The summed E-state index contributed by atoms with van der Waals surface area (Å²) in [5.74, 6) is 0.714. The van der Waals surface area contributed by atoms with E-state index >= 15 is 0 Å². The van der Waals surface area contributed by atoms with Crippen LogP contribution in [0.3, 0.4) is 0 Å². The van der Waals surface area contributed by atoms with Gasteiger partial charge in [0, 0.05) is 49.6 Å². The summed E-state index contributed by atoms with van der Waals surface area (Å²) in [6.45, 7) is 2.17. The smallest absolute Gasteiger partial charge is 0.160 e. The third kappa shape index (κ3) is 5.61. The van der Waals surface area contributed by atoms with Crippen molar-refractivity contribution in [2.45, 2.75) is 6.92 Å². The third-order valence-corrected chi connectivity index (χ3v) is 11.2. The van der Waals surface area contributed by atoms with Gasteiger partial charge in [-0.2, -0.15) is 0 Å². The number of hydrogen-bond donors (Lipinski definition) is 0. The maximum Gasteiger partial charge on any atom is 0.160 e. The van der Waals surface area contributed by atoms with E-state index in [0.717, 1.165) is 33.8 Å². The Bertz CT molecular complexity index is 3210. The molecule has 0 unspecified atom stereocenters. The van der Waals surface area contributed by atoms with Gasteiger partial charge in [0.05, 0.1) is 33.5 Å². The second-order valence-corrected chi connectivity index (χ2v) is 14.7. The van der Waals surface area contributed by atoms with Gasteiger partial charge in [0.25, 0.3) is 0 Å². The lowest BCUT2D eigenvalue weighted by molar-refractivity contribution is 1.17. The first-order valence-corrected chi connectivity index (χ1v) is 19.4. The SMILES string of the molecule is Cc1ccc2c(c1)c1cc(-c3ccc4c(c3)c3ccccc3n4-c3ccccc3)ccc1n2-c1ccc(-c2cc(-c3ccccc3)nc(-c3ccccc3)n2)cc1. The fraction of sp³-hybridized carbons (Fsp3) is 0.0189. The molecule has 0 aliphatic rings. The van der Waals surface area contributed by atoms with E-state index < -0.39 is 0 Å². The molecule has 0 bridgehead atoms. The Morgan fingerprint density at radius 1 is 0.316 bits per heavy atom. The van der Waals surface area contributed by atoms with Crippen LogP contribution >= 0.6 is 0 Å². The van der Waals surface area contributed by atoms with Crippen molar-refractivity contribution in [3.8, 4) is 56.4 Å². The fourth-order valence-corrected chi connectivity index (χ4v) is 8.45. The number of aryl methyl sites for hydroxylation is 1. The number of hydrogen-bond acceptors (Lipinski definition) is 2. The van der Waals surface area contributed by atoms with E-state index in [4.69, 9.17) is 9.97 Å². The number of fused-ring (bicyclic) bond motifs is 6. The van der Waals surface area contributed by atoms with Gasteiger partial charge >= 0.3 is 0 Å². The summed E-state index contributed by atoms with van der Waals surface area (Å²) in [5, 5.41) is 4.98. The highest BCUT2D eigenvalue weighted by atomic mass is 15.0. The zero-order valence-corrected chi connectivity index (χ0v) is 31.3. The summed E-state index contributed by atoms with van der Waals surface area (Å²) in [4.78, 5) is 10.1. The molecule has 4 heteroatoms. The summed E-state index contributed by atoms with van der Waals surface area (Å²) in [5.41, 5.74) is 15.6. The van der Waals surface area contributed by atoms with Crippen LogP contribution in [0.1, 0.15) is 5.56 Å². The maximum absolute atomic E-state index is 5.07. The molecule has 0 aliphatic heterocycles. The van der Waals surface area contributed by atoms with Crippen LogP contribution in [0, 0.1) is 6.92 Å². The van der Waals surface area contributed by atoms with Crippen LogP contribution in [-0.2, 0) is 0 Å². The molecular weight excluding hydrogens is 693 g/mol. The first kappa shape index (κ1) is 32.8. The molecule has 0 atom stereocenters. The van der Waals surface area contributed by atoms with Crippen molar-refractivity contribution in [1.29, 1.82) is 0 Å². The minimum atomic E-state index is 0.714. The number of rotatable bonds is 6. The molecule has 11 rings (SSSR count). The van der Waals surface area contributed by atoms with Gasteiger partial charge in [0.15, 0.2) is 5.82 Å². The van der Waals surface area contributed by atoms with Gasteiger partial charge in [-0.15, -0.1) is 0 Å². The van der Waals surface area contributed by atoms with E-state index in [9.17, 15) is 0 Å². The second kappa shape index (κ2) is 13.3. The quantitative estimate of drug-likeness (QED) is 0.171. The van der Waals surface area contributed by atoms with Crippen molar-refractivity contribution in [1.82, 2.24) is 19.1 Å². The number of nitrogens with zero attached hydrogens (tertiary/aromatic N) is 4. The normalized spacial score (nSPS) is 11.6. The lowest BCUT2D eigenvalue weighted by Gasteiger charge is -2.12. The summed E-state index contributed by atoms with van der Waals surface area (Å²) in [6.07, 6.45) is 0. The highest BCUT2D eigenvalue weighted by Crippen LogP contribution is 2.39. The number of aromatic nitrogens is 4. The Kier molecular flexibility index (Phi) is 7.68. The molecule has 11 aromatic rings. The molecule has 4 nitrogen and oxygen atoms in total. The standard InChI is InChI=1S/C53H36N4/c1-35-21-28-50-44(31-35)46-33-40(39-24-29-51-45(32-39)43-19-11-12-20-49(43)56(51)41-17-9-4-10-18-41)25-30-52(46)57(50)42-26-22-37(23-27-42)48-34-47(36-13-5-2-6-14-36)54-53(55-48)38-15-7-3-8-16-38/h2-34H,1H3. The summed E-state index contributed by atoms with van der Waals surface area (Å²) >= 11 is 0. The van der Waals surface area contributed by atoms with E-state index in [-0.39, 0.29) is 0 Å². The Morgan fingerprint density at radius 3 is 1.39 bits per heavy atom. The zero-order valence-electron chi connectivity index (χ0n) is 31.3. The van der Waals surface area contributed by atoms with Crippen molar-refractivity contribution >= 4 is 43.6 Å². The van der Waals surface area contributed by atoms with Crippen molar-refractivity contribution < 1.29 is 0 Å². The molecule has 3 aromatic heterocycles. The van der Waals surface area contributed by atoms with E-state index in [0.29, 0.717) is 5.82 Å². The summed E-state index contributed by atoms with van der Waals surface area (Å²) in [6, 6.07) is 71.4. The summed E-state index contributed by atoms with van der Waals surface area (Å²) in [7, 11) is 0. The molecule has 0 amide bonds. The van der Waals surface area contributed by atoms with E-state index in [1.54, 1.807) is 0 Å². The molecule has 57 heavy (non-hydrogen) atoms. The molecule has 0 spiro atoms. The fourth-order valence-electron chi connectivity index (χ4n) is 8.45. The lowest BCUT2D eigenvalue weighted by Crippen LogP contribution is -1.97. The van der Waals surface area contributed by atoms with Gasteiger partial charge in [-0.25, -0.2) is 9.97 Å². The van der Waals surface area contributed by atoms with Gasteiger partial charge in [-0.1, -0.05) is 133 Å². The molecule has 0 saturated carbocycles. The average molecular weight is 729 g/mol. The molecule has 0 fully saturated rings. The van der Waals surface area contributed by atoms with Crippen LogP contribution in [0.2, 0.25) is 0 Å². The van der Waals surface area contributed by atoms with Gasteiger partial charge in [-0.3, -0.25) is 0 Å². The molecule has 0 radical (unpaired) electrons. The maximum atomic E-state index is 5.07. The number of benzene rings is 8. The minimum Gasteiger partial charge on any atom is -0.309 e. The minimum absolute atomic E-state index is 0.714. The monoisotopic (exact) mass is 728 g/mol. The predicted molar refractivity (Wildman–Crippen MR) is 237 cm³/mol. The lowest BCUT2D eigenvalue weighted by atomic mass is 10.0. The van der Waals surface area contributed by atoms with Crippen LogP contribution in [0.4, 0.5) is 0 Å². The van der Waals surface area contributed by atoms with Crippen LogP contribution in [0.25, 0.3) is 100 Å². The van der Waals surface area contributed by atoms with Crippen LogP contribution in [0.15, 0.2) is 200 Å². The first-order chi connectivity index (χ1) is 28.2. The van der Waals surface area contributed by atoms with E-state index in [2.05, 4.69) is 192 Å². The zero-order chi connectivity index (χ0) is 37.9. The number of para-hydroxylation sites is 2. The third-order valence-electron chi connectivity index (χ3n) is 11.2. The van der Waals surface area contributed by atoms with Gasteiger partial charge < -0.3 is 9.13 Å². The van der Waals surface area contributed by atoms with E-state index in [1.165, 1.54) is 66.0 Å². The Labute approximate surface area is 330 Å². The van der Waals surface area contributed by atoms with Gasteiger partial charge in [0.1, 0.15) is 0 Å². The van der Waals surface area contributed by atoms with Crippen molar-refractivity contribution in [3.05, 3.63) is 206 Å². The van der Waals surface area contributed by atoms with Crippen LogP contribution in [0.5, 0.6) is 0 Å². The van der Waals surface area contributed by atoms with Gasteiger partial charge in [-0.05, 0) is 90.8 Å². The van der Waals surface area contributed by atoms with E-state index in [1.807, 2.05) is 24.3 Å². The van der Waals surface area contributed by atoms with Crippen molar-refractivity contribution in [2.24, 2.45) is 0 Å². The predicted octanol–water partition coefficient (Wildman–Crippen LogP) is 13.6. The Morgan fingerprint density at radius 2 is 0.754 bits per heavy atom. The van der Waals surface area contributed by atoms with Crippen molar-refractivity contribution in [2.75, 3.05) is 0 Å². The first-order valence-electron chi connectivity index (χ1n) is 19.4. The second-order valence-electron chi connectivity index (χ2n) is 14.7. The van der Waals surface area contributed by atoms with Gasteiger partial charge in [0.2, 0.25) is 0 Å².